The van der Waals surface area contributed by atoms with E-state index in [1.807, 2.05) is 6.20 Å². The van der Waals surface area contributed by atoms with Crippen molar-refractivity contribution in [2.24, 2.45) is 5.92 Å². The fourth-order valence-corrected chi connectivity index (χ4v) is 3.35. The number of hydrogen-bond acceptors (Lipinski definition) is 2. The van der Waals surface area contributed by atoms with Gasteiger partial charge in [0.05, 0.1) is 0 Å². The number of nitrogens with zero attached hydrogens (tertiary/aromatic N) is 1. The lowest BCUT2D eigenvalue weighted by atomic mass is 9.66. The Labute approximate surface area is 118 Å². The van der Waals surface area contributed by atoms with Gasteiger partial charge in [-0.1, -0.05) is 33.6 Å². The van der Waals surface area contributed by atoms with Crippen molar-refractivity contribution < 1.29 is 4.74 Å². The third kappa shape index (κ3) is 3.79. The molecule has 1 aromatic rings. The molecule has 0 aliphatic heterocycles. The maximum Gasteiger partial charge on any atom is 0.0496 e. The average molecular weight is 263 g/mol. The Kier molecular flexibility index (Phi) is 6.50. The summed E-state index contributed by atoms with van der Waals surface area (Å²) < 4.78 is 5.44. The third-order valence-electron chi connectivity index (χ3n) is 4.22. The van der Waals surface area contributed by atoms with Crippen LogP contribution in [0.3, 0.4) is 0 Å². The number of hydrogen-bond donors (Lipinski definition) is 0. The summed E-state index contributed by atoms with van der Waals surface area (Å²) in [7, 11) is 1.80. The number of pyridine rings is 1. The van der Waals surface area contributed by atoms with E-state index in [-0.39, 0.29) is 5.41 Å². The first kappa shape index (κ1) is 16.2. The highest BCUT2D eigenvalue weighted by Crippen LogP contribution is 2.41. The molecule has 1 atom stereocenters. The Morgan fingerprint density at radius 1 is 1.26 bits per heavy atom. The van der Waals surface area contributed by atoms with Gasteiger partial charge >= 0.3 is 0 Å². The fourth-order valence-electron chi connectivity index (χ4n) is 3.35. The van der Waals surface area contributed by atoms with Gasteiger partial charge in [-0.25, -0.2) is 0 Å². The molecular weight excluding hydrogens is 234 g/mol. The van der Waals surface area contributed by atoms with Crippen molar-refractivity contribution in [1.29, 1.82) is 0 Å². The Bertz CT molecular complexity index is 369. The number of rotatable bonds is 8. The molecular formula is C17H29NO. The van der Waals surface area contributed by atoms with E-state index in [0.717, 1.165) is 12.3 Å². The molecule has 1 heterocycles. The Balaban J connectivity index is 3.21. The van der Waals surface area contributed by atoms with Crippen molar-refractivity contribution in [2.45, 2.75) is 58.8 Å². The molecule has 0 fully saturated rings. The molecule has 1 unspecified atom stereocenters. The van der Waals surface area contributed by atoms with E-state index in [1.165, 1.54) is 31.2 Å². The van der Waals surface area contributed by atoms with E-state index < -0.39 is 0 Å². The summed E-state index contributed by atoms with van der Waals surface area (Å²) in [4.78, 5) is 4.35. The summed E-state index contributed by atoms with van der Waals surface area (Å²) in [5.74, 6) is 0.527. The zero-order valence-corrected chi connectivity index (χ0v) is 13.2. The van der Waals surface area contributed by atoms with Crippen LogP contribution in [0.15, 0.2) is 18.3 Å². The maximum atomic E-state index is 5.44. The largest absolute Gasteiger partial charge is 0.384 e. The molecule has 0 aromatic carbocycles. The quantitative estimate of drug-likeness (QED) is 0.688. The minimum atomic E-state index is 0.229. The lowest BCUT2D eigenvalue weighted by Crippen LogP contribution is -2.36. The number of aryl methyl sites for hydroxylation is 1. The second-order valence-corrected chi connectivity index (χ2v) is 5.70. The monoisotopic (exact) mass is 263 g/mol. The maximum absolute atomic E-state index is 5.44. The average Bonchev–Trinajstić information content (AvgIpc) is 2.38. The van der Waals surface area contributed by atoms with Crippen LogP contribution in [0, 0.1) is 12.8 Å². The highest BCUT2D eigenvalue weighted by Gasteiger charge is 2.36. The zero-order valence-electron chi connectivity index (χ0n) is 13.2. The molecule has 19 heavy (non-hydrogen) atoms. The third-order valence-corrected chi connectivity index (χ3v) is 4.22. The van der Waals surface area contributed by atoms with Gasteiger partial charge in [-0.2, -0.15) is 0 Å². The summed E-state index contributed by atoms with van der Waals surface area (Å²) in [5, 5.41) is 0. The van der Waals surface area contributed by atoms with E-state index >= 15 is 0 Å². The molecule has 0 aliphatic rings. The number of ether oxygens (including phenoxy) is 1. The van der Waals surface area contributed by atoms with Crippen LogP contribution in [0.25, 0.3) is 0 Å². The smallest absolute Gasteiger partial charge is 0.0496 e. The van der Waals surface area contributed by atoms with E-state index in [1.54, 1.807) is 7.11 Å². The topological polar surface area (TPSA) is 22.1 Å². The van der Waals surface area contributed by atoms with E-state index in [9.17, 15) is 0 Å². The van der Waals surface area contributed by atoms with Crippen molar-refractivity contribution in [3.63, 3.8) is 0 Å². The van der Waals surface area contributed by atoms with Crippen molar-refractivity contribution >= 4 is 0 Å². The van der Waals surface area contributed by atoms with Gasteiger partial charge in [0.25, 0.3) is 0 Å². The van der Waals surface area contributed by atoms with Crippen LogP contribution in [0.2, 0.25) is 0 Å². The normalized spacial score (nSPS) is 13.5. The van der Waals surface area contributed by atoms with Gasteiger partial charge in [0.2, 0.25) is 0 Å². The van der Waals surface area contributed by atoms with Crippen LogP contribution in [0.4, 0.5) is 0 Å². The van der Waals surface area contributed by atoms with Gasteiger partial charge in [0, 0.05) is 31.0 Å². The van der Waals surface area contributed by atoms with Crippen LogP contribution in [0.5, 0.6) is 0 Å². The highest BCUT2D eigenvalue weighted by atomic mass is 16.5. The molecule has 0 N–H and O–H groups in total. The second-order valence-electron chi connectivity index (χ2n) is 5.70. The summed E-state index contributed by atoms with van der Waals surface area (Å²) >= 11 is 0. The molecule has 0 spiro atoms. The molecule has 0 amide bonds. The van der Waals surface area contributed by atoms with E-state index in [2.05, 4.69) is 44.8 Å². The van der Waals surface area contributed by atoms with Gasteiger partial charge in [-0.3, -0.25) is 4.98 Å². The van der Waals surface area contributed by atoms with Crippen LogP contribution in [0.1, 0.15) is 57.7 Å². The van der Waals surface area contributed by atoms with Gasteiger partial charge in [-0.05, 0) is 43.4 Å². The molecule has 0 saturated carbocycles. The van der Waals surface area contributed by atoms with Crippen molar-refractivity contribution in [3.05, 3.63) is 29.6 Å². The Morgan fingerprint density at radius 3 is 2.37 bits per heavy atom. The van der Waals surface area contributed by atoms with Crippen molar-refractivity contribution in [1.82, 2.24) is 4.98 Å². The summed E-state index contributed by atoms with van der Waals surface area (Å²) in [6.45, 7) is 9.77. The molecule has 0 aliphatic carbocycles. The minimum Gasteiger partial charge on any atom is -0.384 e. The van der Waals surface area contributed by atoms with E-state index in [0.29, 0.717) is 5.92 Å². The molecule has 2 nitrogen and oxygen atoms in total. The van der Waals surface area contributed by atoms with Gasteiger partial charge in [0.1, 0.15) is 0 Å². The first-order chi connectivity index (χ1) is 9.10. The molecule has 0 bridgehead atoms. The molecule has 0 saturated heterocycles. The minimum absolute atomic E-state index is 0.229. The summed E-state index contributed by atoms with van der Waals surface area (Å²) in [6, 6.07) is 4.46. The molecule has 2 heteroatoms. The molecule has 1 aromatic heterocycles. The predicted octanol–water partition coefficient (Wildman–Crippen LogP) is 4.51. The highest BCUT2D eigenvalue weighted by molar-refractivity contribution is 5.27. The van der Waals surface area contributed by atoms with Crippen molar-refractivity contribution in [3.8, 4) is 0 Å². The van der Waals surface area contributed by atoms with Crippen molar-refractivity contribution in [2.75, 3.05) is 13.7 Å². The van der Waals surface area contributed by atoms with Gasteiger partial charge in [-0.15, -0.1) is 0 Å². The van der Waals surface area contributed by atoms with Crippen LogP contribution in [-0.4, -0.2) is 18.7 Å². The van der Waals surface area contributed by atoms with Crippen LogP contribution >= 0.6 is 0 Å². The van der Waals surface area contributed by atoms with Gasteiger partial charge < -0.3 is 4.74 Å². The summed E-state index contributed by atoms with van der Waals surface area (Å²) in [6.07, 6.45) is 6.79. The lowest BCUT2D eigenvalue weighted by molar-refractivity contribution is 0.102. The SMILES string of the molecule is CCCC(CCC)(c1ccnc(C)c1)C(C)COC. The Hall–Kier alpha value is -0.890. The first-order valence-corrected chi connectivity index (χ1v) is 7.52. The standard InChI is InChI=1S/C17H29NO/c1-6-9-17(10-7-2,14(3)13-19-5)16-8-11-18-15(4)12-16/h8,11-12,14H,6-7,9-10,13H2,1-5H3. The van der Waals surface area contributed by atoms with Gasteiger partial charge in [0.15, 0.2) is 0 Å². The number of aromatic nitrogens is 1. The number of methoxy groups -OCH3 is 1. The second kappa shape index (κ2) is 7.64. The van der Waals surface area contributed by atoms with Crippen LogP contribution < -0.4 is 0 Å². The predicted molar refractivity (Wildman–Crippen MR) is 81.5 cm³/mol. The van der Waals surface area contributed by atoms with E-state index in [4.69, 9.17) is 4.74 Å². The lowest BCUT2D eigenvalue weighted by Gasteiger charge is -2.40. The zero-order chi connectivity index (χ0) is 14.3. The molecule has 0 radical (unpaired) electrons. The summed E-state index contributed by atoms with van der Waals surface area (Å²) in [5.41, 5.74) is 2.78. The van der Waals surface area contributed by atoms with Crippen LogP contribution in [-0.2, 0) is 10.2 Å². The molecule has 108 valence electrons. The fraction of sp³-hybridized carbons (Fsp3) is 0.706. The first-order valence-electron chi connectivity index (χ1n) is 7.52. The molecule has 1 rings (SSSR count). The Morgan fingerprint density at radius 2 is 1.89 bits per heavy atom.